The summed E-state index contributed by atoms with van der Waals surface area (Å²) in [5, 5.41) is 30.8. The maximum Gasteiger partial charge on any atom is 0.411 e. The lowest BCUT2D eigenvalue weighted by Gasteiger charge is -2.36. The molecule has 1 saturated heterocycles. The van der Waals surface area contributed by atoms with Crippen LogP contribution in [0.1, 0.15) is 47.6 Å². The zero-order valence-electron chi connectivity index (χ0n) is 30.2. The first-order valence-electron chi connectivity index (χ1n) is 18.1. The van der Waals surface area contributed by atoms with Gasteiger partial charge >= 0.3 is 6.09 Å². The molecular weight excluding hydrogens is 670 g/mol. The Bertz CT molecular complexity index is 2090. The van der Waals surface area contributed by atoms with Crippen molar-refractivity contribution >= 4 is 28.6 Å². The highest BCUT2D eigenvalue weighted by atomic mass is 16.6. The summed E-state index contributed by atoms with van der Waals surface area (Å²) in [7, 11) is 4.38. The van der Waals surface area contributed by atoms with Crippen LogP contribution in [0.4, 0.5) is 10.5 Å². The van der Waals surface area contributed by atoms with Crippen LogP contribution in [-0.2, 0) is 29.0 Å². The number of carbonyl (C=O) groups excluding carboxylic acids is 2. The van der Waals surface area contributed by atoms with Crippen LogP contribution in [0.3, 0.4) is 0 Å². The molecule has 1 aliphatic heterocycles. The van der Waals surface area contributed by atoms with Gasteiger partial charge in [-0.3, -0.25) is 14.9 Å². The topological polar surface area (TPSA) is 153 Å². The van der Waals surface area contributed by atoms with E-state index in [4.69, 9.17) is 4.74 Å². The average molecular weight is 719 g/mol. The van der Waals surface area contributed by atoms with Crippen LogP contribution in [-0.4, -0.2) is 71.5 Å². The highest BCUT2D eigenvalue weighted by molar-refractivity contribution is 5.92. The molecule has 276 valence electrons. The number of phenolic OH excluding ortho intramolecular Hbond substituents is 1. The SMILES string of the molecule is C[N+]1(C)CCC(OC(=O)Nc2cc(CCC(=O)NCc3ccc(CNC[C@H](O)c4ccc(O)c5[nH]c(=O)ccc45)cc3)ccc2-c2ccccc2)CC1. The van der Waals surface area contributed by atoms with Crippen molar-refractivity contribution in [3.05, 3.63) is 130 Å². The van der Waals surface area contributed by atoms with Crippen molar-refractivity contribution in [3.63, 3.8) is 0 Å². The Morgan fingerprint density at radius 3 is 2.32 bits per heavy atom. The number of hydrogen-bond donors (Lipinski definition) is 6. The Balaban J connectivity index is 0.976. The third kappa shape index (κ3) is 10.1. The molecular formula is C42H48N5O6+. The van der Waals surface area contributed by atoms with Crippen LogP contribution >= 0.6 is 0 Å². The lowest BCUT2D eigenvalue weighted by atomic mass is 9.99. The number of anilines is 1. The van der Waals surface area contributed by atoms with Gasteiger partial charge in [-0.15, -0.1) is 0 Å². The molecule has 53 heavy (non-hydrogen) atoms. The quantitative estimate of drug-likeness (QED) is 0.0847. The van der Waals surface area contributed by atoms with Gasteiger partial charge in [0.15, 0.2) is 0 Å². The minimum atomic E-state index is -0.849. The van der Waals surface area contributed by atoms with Gasteiger partial charge in [-0.2, -0.15) is 0 Å². The third-order valence-electron chi connectivity index (χ3n) is 9.88. The molecule has 6 rings (SSSR count). The number of aryl methyl sites for hydroxylation is 1. The third-order valence-corrected chi connectivity index (χ3v) is 9.88. The molecule has 0 bridgehead atoms. The number of aromatic amines is 1. The Kier molecular flexibility index (Phi) is 11.9. The summed E-state index contributed by atoms with van der Waals surface area (Å²) in [6, 6.07) is 29.7. The highest BCUT2D eigenvalue weighted by Gasteiger charge is 2.28. The van der Waals surface area contributed by atoms with E-state index in [1.165, 1.54) is 12.1 Å². The summed E-state index contributed by atoms with van der Waals surface area (Å²) in [4.78, 5) is 40.2. The highest BCUT2D eigenvalue weighted by Crippen LogP contribution is 2.31. The second-order valence-electron chi connectivity index (χ2n) is 14.4. The first kappa shape index (κ1) is 37.3. The molecule has 0 radical (unpaired) electrons. The minimum absolute atomic E-state index is 0.0491. The summed E-state index contributed by atoms with van der Waals surface area (Å²) in [5.74, 6) is -0.123. The zero-order valence-corrected chi connectivity index (χ0v) is 30.2. The summed E-state index contributed by atoms with van der Waals surface area (Å²) in [6.45, 7) is 3.12. The molecule has 4 aromatic carbocycles. The number of aromatic hydroxyl groups is 1. The molecule has 0 aliphatic carbocycles. The zero-order chi connectivity index (χ0) is 37.4. The molecule has 1 fully saturated rings. The maximum absolute atomic E-state index is 13.0. The van der Waals surface area contributed by atoms with E-state index in [-0.39, 0.29) is 29.9 Å². The van der Waals surface area contributed by atoms with Gasteiger partial charge in [-0.25, -0.2) is 4.79 Å². The summed E-state index contributed by atoms with van der Waals surface area (Å²) >= 11 is 0. The average Bonchev–Trinajstić information content (AvgIpc) is 3.15. The van der Waals surface area contributed by atoms with Crippen molar-refractivity contribution in [2.45, 2.75) is 51.0 Å². The van der Waals surface area contributed by atoms with Gasteiger partial charge in [-0.1, -0.05) is 72.8 Å². The van der Waals surface area contributed by atoms with Gasteiger partial charge in [0.25, 0.3) is 0 Å². The number of pyridine rings is 1. The predicted octanol–water partition coefficient (Wildman–Crippen LogP) is 5.76. The van der Waals surface area contributed by atoms with E-state index >= 15 is 0 Å². The monoisotopic (exact) mass is 718 g/mol. The number of likely N-dealkylation sites (tertiary alicyclic amines) is 1. The minimum Gasteiger partial charge on any atom is -0.506 e. The van der Waals surface area contributed by atoms with Crippen molar-refractivity contribution < 1.29 is 29.0 Å². The fourth-order valence-electron chi connectivity index (χ4n) is 6.71. The maximum atomic E-state index is 13.0. The second kappa shape index (κ2) is 16.9. The van der Waals surface area contributed by atoms with E-state index in [1.807, 2.05) is 72.8 Å². The van der Waals surface area contributed by atoms with Gasteiger partial charge in [0.05, 0.1) is 44.5 Å². The number of carbonyl (C=O) groups is 2. The number of rotatable bonds is 13. The van der Waals surface area contributed by atoms with Gasteiger partial charge < -0.3 is 35.1 Å². The molecule has 11 heteroatoms. The van der Waals surface area contributed by atoms with Crippen molar-refractivity contribution in [2.75, 3.05) is 39.0 Å². The number of quaternary nitrogens is 1. The van der Waals surface area contributed by atoms with Crippen molar-refractivity contribution in [1.82, 2.24) is 15.6 Å². The van der Waals surface area contributed by atoms with E-state index in [0.29, 0.717) is 48.1 Å². The van der Waals surface area contributed by atoms with E-state index in [1.54, 1.807) is 12.1 Å². The Morgan fingerprint density at radius 2 is 1.58 bits per heavy atom. The first-order valence-corrected chi connectivity index (χ1v) is 18.1. The van der Waals surface area contributed by atoms with Gasteiger partial charge in [0.1, 0.15) is 11.9 Å². The van der Waals surface area contributed by atoms with Crippen LogP contribution in [0.2, 0.25) is 0 Å². The summed E-state index contributed by atoms with van der Waals surface area (Å²) in [6.07, 6.45) is 1.06. The molecule has 5 aromatic rings. The number of aromatic nitrogens is 1. The number of fused-ring (bicyclic) bond motifs is 1. The van der Waals surface area contributed by atoms with E-state index in [2.05, 4.69) is 35.0 Å². The number of hydrogen-bond acceptors (Lipinski definition) is 7. The summed E-state index contributed by atoms with van der Waals surface area (Å²) in [5.41, 5.74) is 6.00. The molecule has 1 aliphatic rings. The first-order chi connectivity index (χ1) is 25.5. The molecule has 0 spiro atoms. The standard InChI is InChI=1S/C42H47N5O6/c1-47(2)22-20-32(21-23-47)53-42(52)45-36-24-28(12-14-33(36)31-6-4-3-5-7-31)13-18-39(50)44-26-30-10-8-29(9-11-30)25-43-27-38(49)34-15-17-37(48)41-35(34)16-19-40(51)46-41/h3-12,14-17,19,24,32,38,43,49H,13,18,20-23,25-27H2,1-2H3,(H3-,44,45,46,48,50,51,52)/p+1/t38-/m0/s1. The van der Waals surface area contributed by atoms with Crippen LogP contribution in [0.5, 0.6) is 5.75 Å². The lowest BCUT2D eigenvalue weighted by Crippen LogP contribution is -2.48. The van der Waals surface area contributed by atoms with Crippen molar-refractivity contribution in [1.29, 1.82) is 0 Å². The number of piperidine rings is 1. The Morgan fingerprint density at radius 1 is 0.887 bits per heavy atom. The second-order valence-corrected chi connectivity index (χ2v) is 14.4. The van der Waals surface area contributed by atoms with Crippen LogP contribution in [0.25, 0.3) is 22.0 Å². The van der Waals surface area contributed by atoms with Gasteiger partial charge in [0, 0.05) is 55.9 Å². The molecule has 0 unspecified atom stereocenters. The number of benzene rings is 4. The van der Waals surface area contributed by atoms with Gasteiger partial charge in [0.2, 0.25) is 11.5 Å². The number of aliphatic hydroxyl groups is 1. The number of nitrogens with one attached hydrogen (secondary N) is 4. The smallest absolute Gasteiger partial charge is 0.411 e. The number of ether oxygens (including phenoxy) is 1. The van der Waals surface area contributed by atoms with E-state index in [9.17, 15) is 24.6 Å². The Hall–Kier alpha value is -5.49. The molecule has 2 amide bonds. The molecule has 11 nitrogen and oxygen atoms in total. The van der Waals surface area contributed by atoms with Crippen LogP contribution in [0, 0.1) is 0 Å². The fraction of sp³-hybridized carbons (Fsp3) is 0.310. The van der Waals surface area contributed by atoms with Gasteiger partial charge in [-0.05, 0) is 52.4 Å². The molecule has 2 heterocycles. The molecule has 1 aromatic heterocycles. The largest absolute Gasteiger partial charge is 0.506 e. The van der Waals surface area contributed by atoms with Crippen LogP contribution in [0.15, 0.2) is 102 Å². The normalized spacial score (nSPS) is 14.8. The fourth-order valence-corrected chi connectivity index (χ4v) is 6.71. The lowest BCUT2D eigenvalue weighted by molar-refractivity contribution is -0.896. The number of nitrogens with zero attached hydrogens (tertiary/aromatic N) is 1. The Labute approximate surface area is 309 Å². The molecule has 6 N–H and O–H groups in total. The van der Waals surface area contributed by atoms with Crippen molar-refractivity contribution in [3.8, 4) is 16.9 Å². The molecule has 1 atom stereocenters. The summed E-state index contributed by atoms with van der Waals surface area (Å²) < 4.78 is 6.74. The number of aliphatic hydroxyl groups excluding tert-OH is 1. The number of H-pyrrole nitrogens is 1. The van der Waals surface area contributed by atoms with E-state index < -0.39 is 12.2 Å². The molecule has 0 saturated carbocycles. The predicted molar refractivity (Wildman–Crippen MR) is 206 cm³/mol. The van der Waals surface area contributed by atoms with Crippen molar-refractivity contribution in [2.24, 2.45) is 0 Å². The number of amides is 2. The number of phenols is 1. The van der Waals surface area contributed by atoms with Crippen LogP contribution < -0.4 is 21.5 Å². The van der Waals surface area contributed by atoms with E-state index in [0.717, 1.165) is 58.2 Å².